The molecule has 5 rings (SSSR count). The molecular formula is C26H31N5O4. The van der Waals surface area contributed by atoms with E-state index in [0.29, 0.717) is 36.5 Å². The molecule has 9 heteroatoms. The van der Waals surface area contributed by atoms with Gasteiger partial charge in [-0.3, -0.25) is 24.3 Å². The van der Waals surface area contributed by atoms with Crippen molar-refractivity contribution in [1.29, 1.82) is 0 Å². The van der Waals surface area contributed by atoms with Crippen molar-refractivity contribution in [2.75, 3.05) is 44.7 Å². The number of nitrogens with zero attached hydrogens (tertiary/aromatic N) is 4. The Kier molecular flexibility index (Phi) is 6.68. The van der Waals surface area contributed by atoms with Gasteiger partial charge in [0.05, 0.1) is 17.3 Å². The number of nitrogens with one attached hydrogen (secondary N) is 1. The van der Waals surface area contributed by atoms with Crippen molar-refractivity contribution in [3.8, 4) is 5.75 Å². The van der Waals surface area contributed by atoms with Gasteiger partial charge in [-0.15, -0.1) is 0 Å². The normalized spacial score (nSPS) is 20.9. The molecule has 2 aromatic rings. The molecule has 9 nitrogen and oxygen atoms in total. The number of likely N-dealkylation sites (tertiary alicyclic amines) is 2. The van der Waals surface area contributed by atoms with E-state index >= 15 is 0 Å². The van der Waals surface area contributed by atoms with E-state index in [0.717, 1.165) is 38.2 Å². The van der Waals surface area contributed by atoms with E-state index in [-0.39, 0.29) is 36.3 Å². The first-order valence-corrected chi connectivity index (χ1v) is 12.2. The summed E-state index contributed by atoms with van der Waals surface area (Å²) >= 11 is 0. The second-order valence-electron chi connectivity index (χ2n) is 9.54. The Bertz CT molecular complexity index is 1100. The molecule has 1 N–H and O–H groups in total. The molecule has 0 spiro atoms. The number of hydrogen-bond acceptors (Lipinski definition) is 6. The lowest BCUT2D eigenvalue weighted by Crippen LogP contribution is -2.46. The minimum Gasteiger partial charge on any atom is -0.482 e. The highest BCUT2D eigenvalue weighted by molar-refractivity contribution is 6.01. The van der Waals surface area contributed by atoms with Gasteiger partial charge in [0.1, 0.15) is 5.75 Å². The quantitative estimate of drug-likeness (QED) is 0.704. The number of hydrogen-bond donors (Lipinski definition) is 1. The average Bonchev–Trinajstić information content (AvgIpc) is 3.38. The summed E-state index contributed by atoms with van der Waals surface area (Å²) in [5.74, 6) is 0.150. The lowest BCUT2D eigenvalue weighted by atomic mass is 10.0. The summed E-state index contributed by atoms with van der Waals surface area (Å²) in [5.41, 5.74) is 2.15. The van der Waals surface area contributed by atoms with Crippen LogP contribution in [-0.2, 0) is 16.1 Å². The van der Waals surface area contributed by atoms with E-state index in [2.05, 4.69) is 15.2 Å². The van der Waals surface area contributed by atoms with Crippen LogP contribution < -0.4 is 15.0 Å². The van der Waals surface area contributed by atoms with E-state index in [9.17, 15) is 14.4 Å². The van der Waals surface area contributed by atoms with Gasteiger partial charge in [-0.2, -0.15) is 0 Å². The van der Waals surface area contributed by atoms with Crippen molar-refractivity contribution in [2.45, 2.75) is 31.8 Å². The molecule has 0 aliphatic carbocycles. The number of benzene rings is 1. The number of aromatic nitrogens is 1. The minimum atomic E-state index is -0.198. The highest BCUT2D eigenvalue weighted by atomic mass is 16.5. The molecule has 0 bridgehead atoms. The summed E-state index contributed by atoms with van der Waals surface area (Å²) in [6, 6.07) is 11.3. The van der Waals surface area contributed by atoms with Gasteiger partial charge < -0.3 is 19.9 Å². The van der Waals surface area contributed by atoms with Gasteiger partial charge >= 0.3 is 0 Å². The van der Waals surface area contributed by atoms with Crippen LogP contribution >= 0.6 is 0 Å². The molecule has 2 saturated heterocycles. The first kappa shape index (κ1) is 23.3. The van der Waals surface area contributed by atoms with Crippen molar-refractivity contribution >= 4 is 23.4 Å². The Morgan fingerprint density at radius 3 is 2.71 bits per heavy atom. The third-order valence-corrected chi connectivity index (χ3v) is 7.18. The maximum absolute atomic E-state index is 13.1. The van der Waals surface area contributed by atoms with Crippen molar-refractivity contribution in [3.05, 3.63) is 53.9 Å². The van der Waals surface area contributed by atoms with Crippen LogP contribution in [0.1, 0.15) is 35.3 Å². The number of ether oxygens (including phenoxy) is 1. The molecule has 0 saturated carbocycles. The van der Waals surface area contributed by atoms with E-state index in [1.54, 1.807) is 30.1 Å². The molecule has 35 heavy (non-hydrogen) atoms. The van der Waals surface area contributed by atoms with Gasteiger partial charge in [0.25, 0.3) is 11.8 Å². The molecule has 1 unspecified atom stereocenters. The standard InChI is InChI=1S/C26H31N5O4/c1-29-22-14-18(5-6-23(22)35-17-24(29)32)26(34)31-13-7-19(15-31)25(33)28-20-8-11-30(12-9-20)16-21-4-2-3-10-27-21/h2-6,10,14,19-20H,7-9,11-13,15-17H2,1H3,(H,28,33). The molecule has 3 amide bonds. The number of pyridine rings is 1. The van der Waals surface area contributed by atoms with Gasteiger partial charge in [-0.05, 0) is 49.6 Å². The highest BCUT2D eigenvalue weighted by Crippen LogP contribution is 2.33. The predicted octanol–water partition coefficient (Wildman–Crippen LogP) is 1.68. The van der Waals surface area contributed by atoms with Crippen LogP contribution in [0.5, 0.6) is 5.75 Å². The molecule has 3 aliphatic heterocycles. The van der Waals surface area contributed by atoms with Crippen LogP contribution in [0.3, 0.4) is 0 Å². The van der Waals surface area contributed by atoms with Crippen LogP contribution in [0.4, 0.5) is 5.69 Å². The molecule has 2 fully saturated rings. The van der Waals surface area contributed by atoms with Gasteiger partial charge in [0, 0.05) is 57.6 Å². The lowest BCUT2D eigenvalue weighted by molar-refractivity contribution is -0.125. The van der Waals surface area contributed by atoms with E-state index in [4.69, 9.17) is 4.74 Å². The number of likely N-dealkylation sites (N-methyl/N-ethyl adjacent to an activating group) is 1. The number of carbonyl (C=O) groups excluding carboxylic acids is 3. The Labute approximate surface area is 205 Å². The lowest BCUT2D eigenvalue weighted by Gasteiger charge is -2.32. The maximum Gasteiger partial charge on any atom is 0.264 e. The number of carbonyl (C=O) groups is 3. The van der Waals surface area contributed by atoms with E-state index < -0.39 is 0 Å². The molecule has 1 aromatic carbocycles. The molecule has 1 atom stereocenters. The first-order chi connectivity index (χ1) is 17.0. The van der Waals surface area contributed by atoms with Crippen molar-refractivity contribution in [1.82, 2.24) is 20.1 Å². The summed E-state index contributed by atoms with van der Waals surface area (Å²) < 4.78 is 5.45. The zero-order valence-electron chi connectivity index (χ0n) is 20.0. The fourth-order valence-corrected chi connectivity index (χ4v) is 5.02. The number of piperidine rings is 1. The number of fused-ring (bicyclic) bond motifs is 1. The zero-order chi connectivity index (χ0) is 24.4. The van der Waals surface area contributed by atoms with Gasteiger partial charge in [0.15, 0.2) is 6.61 Å². The smallest absolute Gasteiger partial charge is 0.264 e. The Hall–Kier alpha value is -3.46. The van der Waals surface area contributed by atoms with Crippen LogP contribution in [0.2, 0.25) is 0 Å². The number of amides is 3. The Balaban J connectivity index is 1.11. The van der Waals surface area contributed by atoms with Crippen LogP contribution in [0.15, 0.2) is 42.6 Å². The SMILES string of the molecule is CN1C(=O)COc2ccc(C(=O)N3CCC(C(=O)NC4CCN(Cc5ccccn5)CC4)C3)cc21. The fraction of sp³-hybridized carbons (Fsp3) is 0.462. The average molecular weight is 478 g/mol. The monoisotopic (exact) mass is 477 g/mol. The largest absolute Gasteiger partial charge is 0.482 e. The van der Waals surface area contributed by atoms with Gasteiger partial charge in [-0.1, -0.05) is 6.07 Å². The van der Waals surface area contributed by atoms with Crippen molar-refractivity contribution in [2.24, 2.45) is 5.92 Å². The van der Waals surface area contributed by atoms with Crippen molar-refractivity contribution in [3.63, 3.8) is 0 Å². The molecule has 0 radical (unpaired) electrons. The number of anilines is 1. The van der Waals surface area contributed by atoms with E-state index in [1.165, 1.54) is 4.90 Å². The third-order valence-electron chi connectivity index (χ3n) is 7.18. The molecule has 3 aliphatic rings. The van der Waals surface area contributed by atoms with Gasteiger partial charge in [0.2, 0.25) is 5.91 Å². The first-order valence-electron chi connectivity index (χ1n) is 12.2. The summed E-state index contributed by atoms with van der Waals surface area (Å²) in [6.07, 6.45) is 4.30. The van der Waals surface area contributed by atoms with Crippen molar-refractivity contribution < 1.29 is 19.1 Å². The van der Waals surface area contributed by atoms with Crippen LogP contribution in [0, 0.1) is 5.92 Å². The summed E-state index contributed by atoms with van der Waals surface area (Å²) in [6.45, 7) is 3.64. The summed E-state index contributed by atoms with van der Waals surface area (Å²) in [7, 11) is 1.68. The molecule has 184 valence electrons. The third kappa shape index (κ3) is 5.14. The molecule has 4 heterocycles. The summed E-state index contributed by atoms with van der Waals surface area (Å²) in [5, 5.41) is 3.22. The fourth-order valence-electron chi connectivity index (χ4n) is 5.02. The van der Waals surface area contributed by atoms with Crippen LogP contribution in [0.25, 0.3) is 0 Å². The topological polar surface area (TPSA) is 95.1 Å². The minimum absolute atomic E-state index is 0.00295. The predicted molar refractivity (Wildman–Crippen MR) is 130 cm³/mol. The highest BCUT2D eigenvalue weighted by Gasteiger charge is 2.33. The second kappa shape index (κ2) is 10.0. The summed E-state index contributed by atoms with van der Waals surface area (Å²) in [4.78, 5) is 48.0. The molecule has 1 aromatic heterocycles. The van der Waals surface area contributed by atoms with Gasteiger partial charge in [-0.25, -0.2) is 0 Å². The second-order valence-corrected chi connectivity index (χ2v) is 9.54. The number of rotatable bonds is 5. The zero-order valence-corrected chi connectivity index (χ0v) is 20.0. The maximum atomic E-state index is 13.1. The molecular weight excluding hydrogens is 446 g/mol. The Morgan fingerprint density at radius 2 is 1.94 bits per heavy atom. The van der Waals surface area contributed by atoms with E-state index in [1.807, 2.05) is 24.4 Å². The Morgan fingerprint density at radius 1 is 1.11 bits per heavy atom. The van der Waals surface area contributed by atoms with Crippen LogP contribution in [-0.4, -0.2) is 78.4 Å².